The summed E-state index contributed by atoms with van der Waals surface area (Å²) in [7, 11) is 0. The summed E-state index contributed by atoms with van der Waals surface area (Å²) in [5.41, 5.74) is -0.408. The van der Waals surface area contributed by atoms with Gasteiger partial charge in [-0.1, -0.05) is 39.3 Å². The summed E-state index contributed by atoms with van der Waals surface area (Å²) in [5, 5.41) is 7.66. The van der Waals surface area contributed by atoms with Crippen LogP contribution in [0.25, 0.3) is 0 Å². The number of nitrogens with one attached hydrogen (secondary N) is 1. The van der Waals surface area contributed by atoms with Crippen LogP contribution >= 0.6 is 0 Å². The van der Waals surface area contributed by atoms with Gasteiger partial charge in [-0.2, -0.15) is 4.98 Å². The highest BCUT2D eigenvalue weighted by Crippen LogP contribution is 2.31. The van der Waals surface area contributed by atoms with E-state index in [1.807, 2.05) is 6.92 Å². The number of likely N-dealkylation sites (N-methyl/N-ethyl adjacent to an activating group) is 1. The third-order valence-electron chi connectivity index (χ3n) is 3.99. The molecule has 0 bridgehead atoms. The van der Waals surface area contributed by atoms with Crippen LogP contribution in [0, 0.1) is 0 Å². The Labute approximate surface area is 128 Å². The van der Waals surface area contributed by atoms with Gasteiger partial charge in [-0.05, 0) is 32.7 Å². The van der Waals surface area contributed by atoms with E-state index in [4.69, 9.17) is 9.26 Å². The molecule has 0 aliphatic rings. The number of ether oxygens (including phenoxy) is 1. The van der Waals surface area contributed by atoms with Crippen LogP contribution in [-0.2, 0) is 16.8 Å². The van der Waals surface area contributed by atoms with E-state index in [2.05, 4.69) is 43.2 Å². The second kappa shape index (κ2) is 9.15. The number of hydrogen-bond acceptors (Lipinski definition) is 5. The molecule has 0 fully saturated rings. The van der Waals surface area contributed by atoms with Crippen LogP contribution in [0.1, 0.15) is 72.0 Å². The molecule has 0 radical (unpaired) electrons. The maximum atomic E-state index is 5.93. The lowest BCUT2D eigenvalue weighted by Gasteiger charge is -2.27. The molecule has 1 rings (SSSR count). The highest BCUT2D eigenvalue weighted by molar-refractivity contribution is 5.02. The molecular formula is C16H31N3O2. The van der Waals surface area contributed by atoms with Gasteiger partial charge in [-0.3, -0.25) is 0 Å². The van der Waals surface area contributed by atoms with Gasteiger partial charge in [0.15, 0.2) is 0 Å². The van der Waals surface area contributed by atoms with Gasteiger partial charge in [0.1, 0.15) is 5.60 Å². The molecule has 0 amide bonds. The van der Waals surface area contributed by atoms with E-state index in [1.54, 1.807) is 0 Å². The van der Waals surface area contributed by atoms with Crippen LogP contribution in [-0.4, -0.2) is 29.3 Å². The summed E-state index contributed by atoms with van der Waals surface area (Å²) in [5.74, 6) is 1.39. The molecule has 1 aromatic heterocycles. The predicted octanol–water partition coefficient (Wildman–Crippen LogP) is 3.44. The molecule has 0 aromatic carbocycles. The average molecular weight is 297 g/mol. The van der Waals surface area contributed by atoms with E-state index in [9.17, 15) is 0 Å². The van der Waals surface area contributed by atoms with Gasteiger partial charge in [0.25, 0.3) is 0 Å². The van der Waals surface area contributed by atoms with Crippen LogP contribution in [0.5, 0.6) is 0 Å². The summed E-state index contributed by atoms with van der Waals surface area (Å²) in [6.45, 7) is 12.1. The van der Waals surface area contributed by atoms with E-state index in [-0.39, 0.29) is 0 Å². The van der Waals surface area contributed by atoms with Crippen molar-refractivity contribution in [1.29, 1.82) is 0 Å². The monoisotopic (exact) mass is 297 g/mol. The summed E-state index contributed by atoms with van der Waals surface area (Å²) >= 11 is 0. The zero-order valence-corrected chi connectivity index (χ0v) is 14.2. The number of nitrogens with zero attached hydrogens (tertiary/aromatic N) is 2. The first kappa shape index (κ1) is 18.1. The first-order valence-corrected chi connectivity index (χ1v) is 8.36. The SMILES string of the molecule is CCCC(Cc1nc(C(CC)(CC)OCC)no1)NCC. The van der Waals surface area contributed by atoms with Crippen molar-refractivity contribution in [3.63, 3.8) is 0 Å². The molecule has 1 aromatic rings. The molecule has 1 heterocycles. The average Bonchev–Trinajstić information content (AvgIpc) is 2.94. The minimum atomic E-state index is -0.408. The largest absolute Gasteiger partial charge is 0.367 e. The lowest BCUT2D eigenvalue weighted by molar-refractivity contribution is -0.0583. The number of hydrogen-bond donors (Lipinski definition) is 1. The normalized spacial score (nSPS) is 13.6. The van der Waals surface area contributed by atoms with Gasteiger partial charge in [0.05, 0.1) is 0 Å². The van der Waals surface area contributed by atoms with E-state index in [0.29, 0.717) is 24.4 Å². The Hall–Kier alpha value is -0.940. The summed E-state index contributed by atoms with van der Waals surface area (Å²) < 4.78 is 11.4. The van der Waals surface area contributed by atoms with Crippen LogP contribution in [0.3, 0.4) is 0 Å². The first-order valence-electron chi connectivity index (χ1n) is 8.36. The van der Waals surface area contributed by atoms with Crippen LogP contribution < -0.4 is 5.32 Å². The van der Waals surface area contributed by atoms with Gasteiger partial charge < -0.3 is 14.6 Å². The molecule has 1 unspecified atom stereocenters. The van der Waals surface area contributed by atoms with Gasteiger partial charge in [0.2, 0.25) is 11.7 Å². The van der Waals surface area contributed by atoms with Crippen LogP contribution in [0.2, 0.25) is 0 Å². The third-order valence-corrected chi connectivity index (χ3v) is 3.99. The molecule has 21 heavy (non-hydrogen) atoms. The second-order valence-electron chi connectivity index (χ2n) is 5.39. The van der Waals surface area contributed by atoms with E-state index >= 15 is 0 Å². The van der Waals surface area contributed by atoms with Crippen molar-refractivity contribution in [3.8, 4) is 0 Å². The fourth-order valence-corrected chi connectivity index (χ4v) is 2.76. The van der Waals surface area contributed by atoms with Crippen molar-refractivity contribution in [1.82, 2.24) is 15.5 Å². The fourth-order valence-electron chi connectivity index (χ4n) is 2.76. The molecule has 1 N–H and O–H groups in total. The molecule has 0 aliphatic carbocycles. The van der Waals surface area contributed by atoms with Crippen molar-refractivity contribution in [3.05, 3.63) is 11.7 Å². The fraction of sp³-hybridized carbons (Fsp3) is 0.875. The van der Waals surface area contributed by atoms with Crippen molar-refractivity contribution in [2.24, 2.45) is 0 Å². The molecule has 122 valence electrons. The highest BCUT2D eigenvalue weighted by Gasteiger charge is 2.34. The topological polar surface area (TPSA) is 60.2 Å². The van der Waals surface area contributed by atoms with Crippen molar-refractivity contribution in [2.45, 2.75) is 78.4 Å². The summed E-state index contributed by atoms with van der Waals surface area (Å²) in [4.78, 5) is 4.60. The van der Waals surface area contributed by atoms with E-state index in [1.165, 1.54) is 0 Å². The summed E-state index contributed by atoms with van der Waals surface area (Å²) in [6.07, 6.45) is 4.74. The Morgan fingerprint density at radius 3 is 2.43 bits per heavy atom. The Bertz CT molecular complexity index is 383. The molecule has 0 spiro atoms. The van der Waals surface area contributed by atoms with Gasteiger partial charge in [-0.15, -0.1) is 0 Å². The lowest BCUT2D eigenvalue weighted by atomic mass is 9.96. The molecule has 5 heteroatoms. The Kier molecular flexibility index (Phi) is 7.89. The highest BCUT2D eigenvalue weighted by atomic mass is 16.5. The second-order valence-corrected chi connectivity index (χ2v) is 5.39. The molecule has 1 atom stereocenters. The smallest absolute Gasteiger partial charge is 0.228 e. The minimum absolute atomic E-state index is 0.401. The Morgan fingerprint density at radius 1 is 1.19 bits per heavy atom. The van der Waals surface area contributed by atoms with Crippen molar-refractivity contribution in [2.75, 3.05) is 13.2 Å². The van der Waals surface area contributed by atoms with E-state index < -0.39 is 5.60 Å². The maximum absolute atomic E-state index is 5.93. The lowest BCUT2D eigenvalue weighted by Crippen LogP contribution is -2.31. The molecule has 0 saturated heterocycles. The predicted molar refractivity (Wildman–Crippen MR) is 84.3 cm³/mol. The molecule has 0 aliphatic heterocycles. The molecule has 0 saturated carbocycles. The first-order chi connectivity index (χ1) is 10.2. The number of rotatable bonds is 11. The zero-order valence-electron chi connectivity index (χ0n) is 14.2. The third kappa shape index (κ3) is 4.78. The van der Waals surface area contributed by atoms with Crippen LogP contribution in [0.15, 0.2) is 4.52 Å². The summed E-state index contributed by atoms with van der Waals surface area (Å²) in [6, 6.07) is 0.401. The van der Waals surface area contributed by atoms with Crippen molar-refractivity contribution < 1.29 is 9.26 Å². The number of aromatic nitrogens is 2. The van der Waals surface area contributed by atoms with E-state index in [0.717, 1.165) is 38.6 Å². The molecular weight excluding hydrogens is 266 g/mol. The maximum Gasteiger partial charge on any atom is 0.228 e. The van der Waals surface area contributed by atoms with Crippen LogP contribution in [0.4, 0.5) is 0 Å². The van der Waals surface area contributed by atoms with Gasteiger partial charge in [-0.25, -0.2) is 0 Å². The van der Waals surface area contributed by atoms with Gasteiger partial charge in [0, 0.05) is 19.1 Å². The zero-order chi connectivity index (χ0) is 15.7. The molecule has 5 nitrogen and oxygen atoms in total. The quantitative estimate of drug-likeness (QED) is 0.678. The Morgan fingerprint density at radius 2 is 1.90 bits per heavy atom. The van der Waals surface area contributed by atoms with Gasteiger partial charge >= 0.3 is 0 Å². The van der Waals surface area contributed by atoms with Crippen molar-refractivity contribution >= 4 is 0 Å². The standard InChI is InChI=1S/C16H31N3O2/c1-6-11-13(17-9-4)12-14-18-15(19-21-14)16(7-2,8-3)20-10-5/h13,17H,6-12H2,1-5H3. The minimum Gasteiger partial charge on any atom is -0.367 e. The Balaban J connectivity index is 2.83.